The molecule has 3 N–H and O–H groups in total. The van der Waals surface area contributed by atoms with Crippen molar-refractivity contribution in [2.24, 2.45) is 5.92 Å². The number of carbonyl (C=O) groups excluding carboxylic acids is 1. The Hall–Kier alpha value is -1.94. The average molecular weight is 286 g/mol. The summed E-state index contributed by atoms with van der Waals surface area (Å²) >= 11 is 4.29. The largest absolute Gasteiger partial charge is 0.399 e. The maximum Gasteiger partial charge on any atom is 0.228 e. The van der Waals surface area contributed by atoms with Crippen molar-refractivity contribution < 1.29 is 4.79 Å². The van der Waals surface area contributed by atoms with Gasteiger partial charge < -0.3 is 11.1 Å². The smallest absolute Gasteiger partial charge is 0.228 e. The van der Waals surface area contributed by atoms with Gasteiger partial charge in [0.15, 0.2) is 0 Å². The van der Waals surface area contributed by atoms with E-state index in [1.54, 1.807) is 12.1 Å². The van der Waals surface area contributed by atoms with Crippen LogP contribution in [0.15, 0.2) is 54.6 Å². The first-order chi connectivity index (χ1) is 9.69. The Morgan fingerprint density at radius 2 is 1.90 bits per heavy atom. The average Bonchev–Trinajstić information content (AvgIpc) is 2.45. The van der Waals surface area contributed by atoms with Gasteiger partial charge in [0.25, 0.3) is 0 Å². The molecule has 1 unspecified atom stereocenters. The number of nitrogen functional groups attached to an aromatic ring is 1. The maximum atomic E-state index is 12.3. The van der Waals surface area contributed by atoms with E-state index < -0.39 is 0 Å². The number of hydrogen-bond acceptors (Lipinski definition) is 3. The lowest BCUT2D eigenvalue weighted by molar-refractivity contribution is -0.119. The molecule has 0 aliphatic carbocycles. The number of nitrogens with one attached hydrogen (secondary N) is 1. The van der Waals surface area contributed by atoms with Crippen LogP contribution in [0, 0.1) is 5.92 Å². The number of carbonyl (C=O) groups is 1. The highest BCUT2D eigenvalue weighted by molar-refractivity contribution is 7.80. The normalized spacial score (nSPS) is 11.8. The first kappa shape index (κ1) is 14.5. The summed E-state index contributed by atoms with van der Waals surface area (Å²) < 4.78 is 0. The summed E-state index contributed by atoms with van der Waals surface area (Å²) in [6, 6.07) is 17.1. The number of nitrogens with two attached hydrogens (primary N) is 1. The van der Waals surface area contributed by atoms with E-state index in [9.17, 15) is 4.79 Å². The lowest BCUT2D eigenvalue weighted by Gasteiger charge is -2.15. The standard InChI is InChI=1S/C16H18N2OS/c17-14-7-4-8-15(10-14)18-16(19)13(11-20)9-12-5-2-1-3-6-12/h1-8,10,13,20H,9,11,17H2,(H,18,19). The fourth-order valence-corrected chi connectivity index (χ4v) is 2.29. The van der Waals surface area contributed by atoms with Crippen LogP contribution >= 0.6 is 12.6 Å². The molecule has 0 saturated carbocycles. The number of thiol groups is 1. The van der Waals surface area contributed by atoms with E-state index in [1.807, 2.05) is 42.5 Å². The lowest BCUT2D eigenvalue weighted by Crippen LogP contribution is -2.26. The molecular formula is C16H18N2OS. The van der Waals surface area contributed by atoms with E-state index in [4.69, 9.17) is 5.73 Å². The highest BCUT2D eigenvalue weighted by Crippen LogP contribution is 2.16. The summed E-state index contributed by atoms with van der Waals surface area (Å²) in [4.78, 5) is 12.3. The maximum absolute atomic E-state index is 12.3. The zero-order valence-corrected chi connectivity index (χ0v) is 12.0. The molecule has 20 heavy (non-hydrogen) atoms. The van der Waals surface area contributed by atoms with Crippen LogP contribution in [0.25, 0.3) is 0 Å². The zero-order chi connectivity index (χ0) is 14.4. The third-order valence-corrected chi connectivity index (χ3v) is 3.51. The molecule has 1 atom stereocenters. The molecule has 2 aromatic carbocycles. The van der Waals surface area contributed by atoms with Crippen molar-refractivity contribution in [3.05, 3.63) is 60.2 Å². The fourth-order valence-electron chi connectivity index (χ4n) is 2.00. The predicted molar refractivity (Wildman–Crippen MR) is 87.0 cm³/mol. The van der Waals surface area contributed by atoms with Crippen molar-refractivity contribution in [1.29, 1.82) is 0 Å². The van der Waals surface area contributed by atoms with Crippen molar-refractivity contribution in [3.8, 4) is 0 Å². The minimum atomic E-state index is -0.165. The van der Waals surface area contributed by atoms with Crippen LogP contribution in [0.3, 0.4) is 0 Å². The van der Waals surface area contributed by atoms with Gasteiger partial charge in [0.2, 0.25) is 5.91 Å². The number of rotatable bonds is 5. The van der Waals surface area contributed by atoms with E-state index >= 15 is 0 Å². The van der Waals surface area contributed by atoms with Gasteiger partial charge in [-0.3, -0.25) is 4.79 Å². The van der Waals surface area contributed by atoms with Crippen LogP contribution in [0.5, 0.6) is 0 Å². The van der Waals surface area contributed by atoms with Gasteiger partial charge in [-0.05, 0) is 30.2 Å². The molecule has 0 aliphatic heterocycles. The summed E-state index contributed by atoms with van der Waals surface area (Å²) in [5, 5.41) is 2.89. The topological polar surface area (TPSA) is 55.1 Å². The number of amides is 1. The molecule has 0 aliphatic rings. The molecule has 2 aromatic rings. The van der Waals surface area contributed by atoms with E-state index in [1.165, 1.54) is 0 Å². The SMILES string of the molecule is Nc1cccc(NC(=O)C(CS)Cc2ccccc2)c1. The molecule has 0 heterocycles. The van der Waals surface area contributed by atoms with Gasteiger partial charge in [-0.1, -0.05) is 36.4 Å². The molecule has 0 bridgehead atoms. The molecule has 3 nitrogen and oxygen atoms in total. The third kappa shape index (κ3) is 4.03. The van der Waals surface area contributed by atoms with Gasteiger partial charge in [0.1, 0.15) is 0 Å². The highest BCUT2D eigenvalue weighted by Gasteiger charge is 2.17. The van der Waals surface area contributed by atoms with E-state index in [0.29, 0.717) is 17.9 Å². The molecule has 104 valence electrons. The zero-order valence-electron chi connectivity index (χ0n) is 11.1. The van der Waals surface area contributed by atoms with Crippen LogP contribution < -0.4 is 11.1 Å². The molecule has 0 aromatic heterocycles. The molecule has 0 fully saturated rings. The second kappa shape index (κ2) is 7.01. The Kier molecular flexibility index (Phi) is 5.07. The summed E-state index contributed by atoms with van der Waals surface area (Å²) in [7, 11) is 0. The lowest BCUT2D eigenvalue weighted by atomic mass is 10.00. The van der Waals surface area contributed by atoms with Crippen LogP contribution in [0.2, 0.25) is 0 Å². The summed E-state index contributed by atoms with van der Waals surface area (Å²) in [5.41, 5.74) is 8.18. The monoisotopic (exact) mass is 286 g/mol. The highest BCUT2D eigenvalue weighted by atomic mass is 32.1. The Balaban J connectivity index is 2.02. The Bertz CT molecular complexity index is 572. The molecule has 0 saturated heterocycles. The van der Waals surface area contributed by atoms with Crippen molar-refractivity contribution >= 4 is 29.9 Å². The Labute approximate surface area is 124 Å². The summed E-state index contributed by atoms with van der Waals surface area (Å²) in [6.07, 6.45) is 0.679. The van der Waals surface area contributed by atoms with Gasteiger partial charge in [0.05, 0.1) is 5.92 Å². The van der Waals surface area contributed by atoms with Crippen molar-refractivity contribution in [2.75, 3.05) is 16.8 Å². The first-order valence-corrected chi connectivity index (χ1v) is 7.13. The molecule has 2 rings (SSSR count). The summed E-state index contributed by atoms with van der Waals surface area (Å²) in [5.74, 6) is 0.305. The Morgan fingerprint density at radius 3 is 2.55 bits per heavy atom. The van der Waals surface area contributed by atoms with Crippen LogP contribution in [-0.2, 0) is 11.2 Å². The number of benzene rings is 2. The van der Waals surface area contributed by atoms with Crippen LogP contribution in [0.4, 0.5) is 11.4 Å². The number of anilines is 2. The second-order valence-corrected chi connectivity index (χ2v) is 5.05. The number of hydrogen-bond donors (Lipinski definition) is 3. The van der Waals surface area contributed by atoms with Crippen molar-refractivity contribution in [1.82, 2.24) is 0 Å². The third-order valence-electron chi connectivity index (χ3n) is 3.07. The Morgan fingerprint density at radius 1 is 1.15 bits per heavy atom. The van der Waals surface area contributed by atoms with Crippen molar-refractivity contribution in [2.45, 2.75) is 6.42 Å². The van der Waals surface area contributed by atoms with Crippen LogP contribution in [0.1, 0.15) is 5.56 Å². The molecule has 1 amide bonds. The van der Waals surface area contributed by atoms with E-state index in [0.717, 1.165) is 11.3 Å². The first-order valence-electron chi connectivity index (χ1n) is 6.50. The quantitative estimate of drug-likeness (QED) is 0.584. The van der Waals surface area contributed by atoms with Gasteiger partial charge in [-0.2, -0.15) is 12.6 Å². The van der Waals surface area contributed by atoms with Gasteiger partial charge in [0, 0.05) is 17.1 Å². The van der Waals surface area contributed by atoms with E-state index in [-0.39, 0.29) is 11.8 Å². The predicted octanol–water partition coefficient (Wildman–Crippen LogP) is 3.00. The minimum Gasteiger partial charge on any atom is -0.399 e. The van der Waals surface area contributed by atoms with Crippen molar-refractivity contribution in [3.63, 3.8) is 0 Å². The summed E-state index contributed by atoms with van der Waals surface area (Å²) in [6.45, 7) is 0. The van der Waals surface area contributed by atoms with Gasteiger partial charge in [-0.25, -0.2) is 0 Å². The van der Waals surface area contributed by atoms with E-state index in [2.05, 4.69) is 17.9 Å². The van der Waals surface area contributed by atoms with Gasteiger partial charge in [-0.15, -0.1) is 0 Å². The van der Waals surface area contributed by atoms with Crippen LogP contribution in [-0.4, -0.2) is 11.7 Å². The molecule has 4 heteroatoms. The van der Waals surface area contributed by atoms with Gasteiger partial charge >= 0.3 is 0 Å². The second-order valence-electron chi connectivity index (χ2n) is 4.68. The molecule has 0 spiro atoms. The fraction of sp³-hybridized carbons (Fsp3) is 0.188. The molecule has 0 radical (unpaired) electrons. The minimum absolute atomic E-state index is 0.0329. The molecular weight excluding hydrogens is 268 g/mol.